The number of nitrogens with one attached hydrogen (secondary N) is 1. The fourth-order valence-corrected chi connectivity index (χ4v) is 1.15. The predicted octanol–water partition coefficient (Wildman–Crippen LogP) is -0.845. The van der Waals surface area contributed by atoms with Gasteiger partial charge in [-0.25, -0.2) is 9.59 Å². The molecule has 1 aliphatic heterocycles. The van der Waals surface area contributed by atoms with Crippen molar-refractivity contribution in [3.05, 3.63) is 0 Å². The zero-order chi connectivity index (χ0) is 9.84. The van der Waals surface area contributed by atoms with Crippen LogP contribution in [-0.2, 0) is 14.3 Å². The van der Waals surface area contributed by atoms with Crippen molar-refractivity contribution in [2.75, 3.05) is 6.54 Å². The predicted molar refractivity (Wildman–Crippen MR) is 45.8 cm³/mol. The summed E-state index contributed by atoms with van der Waals surface area (Å²) in [6.45, 7) is 2.28. The number of hydrogen-bond donors (Lipinski definition) is 2. The number of ether oxygens (including phenoxy) is 1. The summed E-state index contributed by atoms with van der Waals surface area (Å²) < 4.78 is 4.53. The summed E-state index contributed by atoms with van der Waals surface area (Å²) >= 11 is 0. The van der Waals surface area contributed by atoms with Gasteiger partial charge in [-0.05, 0) is 26.3 Å². The van der Waals surface area contributed by atoms with E-state index in [-0.39, 0.29) is 6.04 Å². The molecule has 13 heavy (non-hydrogen) atoms. The van der Waals surface area contributed by atoms with E-state index in [1.807, 2.05) is 0 Å². The van der Waals surface area contributed by atoms with Gasteiger partial charge in [-0.2, -0.15) is 0 Å². The number of nitrogens with two attached hydrogens (primary N) is 1. The average molecular weight is 186 g/mol. The van der Waals surface area contributed by atoms with E-state index in [0.29, 0.717) is 0 Å². The third-order valence-corrected chi connectivity index (χ3v) is 1.92. The van der Waals surface area contributed by atoms with Crippen molar-refractivity contribution in [1.29, 1.82) is 0 Å². The van der Waals surface area contributed by atoms with Gasteiger partial charge in [0, 0.05) is 0 Å². The second kappa shape index (κ2) is 4.34. The molecule has 0 radical (unpaired) electrons. The van der Waals surface area contributed by atoms with Crippen LogP contribution in [0.3, 0.4) is 0 Å². The zero-order valence-corrected chi connectivity index (χ0v) is 7.58. The summed E-state index contributed by atoms with van der Waals surface area (Å²) in [6.07, 6.45) is 1.66. The van der Waals surface area contributed by atoms with E-state index in [1.165, 1.54) is 6.92 Å². The molecule has 1 saturated heterocycles. The Morgan fingerprint density at radius 3 is 2.77 bits per heavy atom. The minimum absolute atomic E-state index is 0.331. The minimum Gasteiger partial charge on any atom is -0.391 e. The van der Waals surface area contributed by atoms with E-state index in [1.54, 1.807) is 0 Å². The molecule has 0 bridgehead atoms. The van der Waals surface area contributed by atoms with Crippen molar-refractivity contribution < 1.29 is 14.3 Å². The van der Waals surface area contributed by atoms with Crippen LogP contribution in [0.2, 0.25) is 0 Å². The SMILES string of the molecule is C[C@H](N)C(=O)OC(=O)[C@H]1CCCN1. The monoisotopic (exact) mass is 186 g/mol. The molecule has 3 N–H and O–H groups in total. The Labute approximate surface area is 76.6 Å². The van der Waals surface area contributed by atoms with Gasteiger partial charge in [-0.3, -0.25) is 0 Å². The normalized spacial score (nSPS) is 24.0. The number of carbonyl (C=O) groups is 2. The maximum absolute atomic E-state index is 11.2. The quantitative estimate of drug-likeness (QED) is 0.434. The highest BCUT2D eigenvalue weighted by Crippen LogP contribution is 2.06. The van der Waals surface area contributed by atoms with Crippen LogP contribution in [0, 0.1) is 0 Å². The Hall–Kier alpha value is -0.940. The number of esters is 2. The first-order valence-electron chi connectivity index (χ1n) is 4.36. The van der Waals surface area contributed by atoms with Gasteiger partial charge in [0.1, 0.15) is 12.1 Å². The van der Waals surface area contributed by atoms with E-state index < -0.39 is 18.0 Å². The standard InChI is InChI=1S/C8H14N2O3/c1-5(9)7(11)13-8(12)6-3-2-4-10-6/h5-6,10H,2-4,9H2,1H3/t5-,6+/m0/s1. The highest BCUT2D eigenvalue weighted by molar-refractivity contribution is 5.90. The minimum atomic E-state index is -0.745. The third kappa shape index (κ3) is 2.78. The van der Waals surface area contributed by atoms with Crippen LogP contribution in [0.25, 0.3) is 0 Å². The van der Waals surface area contributed by atoms with Crippen LogP contribution in [0.4, 0.5) is 0 Å². The Kier molecular flexibility index (Phi) is 3.39. The molecular formula is C8H14N2O3. The Bertz CT molecular complexity index is 209. The summed E-state index contributed by atoms with van der Waals surface area (Å²) in [5, 5.41) is 2.93. The second-order valence-electron chi connectivity index (χ2n) is 3.18. The summed E-state index contributed by atoms with van der Waals surface area (Å²) in [7, 11) is 0. The molecule has 0 aliphatic carbocycles. The molecule has 2 atom stereocenters. The molecule has 1 fully saturated rings. The van der Waals surface area contributed by atoms with Gasteiger partial charge in [0.25, 0.3) is 0 Å². The lowest BCUT2D eigenvalue weighted by Crippen LogP contribution is -2.38. The van der Waals surface area contributed by atoms with Gasteiger partial charge in [-0.15, -0.1) is 0 Å². The molecule has 1 aliphatic rings. The number of rotatable bonds is 2. The molecule has 0 amide bonds. The van der Waals surface area contributed by atoms with E-state index in [0.717, 1.165) is 19.4 Å². The van der Waals surface area contributed by atoms with E-state index in [9.17, 15) is 9.59 Å². The molecule has 0 aromatic rings. The van der Waals surface area contributed by atoms with Gasteiger partial charge in [0.2, 0.25) is 0 Å². The highest BCUT2D eigenvalue weighted by atomic mass is 16.6. The molecule has 5 nitrogen and oxygen atoms in total. The van der Waals surface area contributed by atoms with Crippen molar-refractivity contribution in [2.24, 2.45) is 5.73 Å². The van der Waals surface area contributed by atoms with Gasteiger partial charge >= 0.3 is 11.9 Å². The average Bonchev–Trinajstić information content (AvgIpc) is 2.55. The van der Waals surface area contributed by atoms with Crippen molar-refractivity contribution in [2.45, 2.75) is 31.8 Å². The van der Waals surface area contributed by atoms with Gasteiger partial charge in [0.15, 0.2) is 0 Å². The molecule has 1 rings (SSSR count). The highest BCUT2D eigenvalue weighted by Gasteiger charge is 2.26. The smallest absolute Gasteiger partial charge is 0.330 e. The molecule has 5 heteroatoms. The van der Waals surface area contributed by atoms with Crippen LogP contribution in [0.5, 0.6) is 0 Å². The zero-order valence-electron chi connectivity index (χ0n) is 7.58. The lowest BCUT2D eigenvalue weighted by molar-refractivity contribution is -0.161. The maximum atomic E-state index is 11.2. The lowest BCUT2D eigenvalue weighted by Gasteiger charge is -2.09. The molecule has 74 valence electrons. The fourth-order valence-electron chi connectivity index (χ4n) is 1.15. The van der Waals surface area contributed by atoms with Crippen LogP contribution < -0.4 is 11.1 Å². The first-order valence-corrected chi connectivity index (χ1v) is 4.36. The first kappa shape index (κ1) is 10.1. The summed E-state index contributed by atoms with van der Waals surface area (Å²) in [4.78, 5) is 22.1. The van der Waals surface area contributed by atoms with Crippen molar-refractivity contribution >= 4 is 11.9 Å². The topological polar surface area (TPSA) is 81.4 Å². The number of carbonyl (C=O) groups excluding carboxylic acids is 2. The van der Waals surface area contributed by atoms with Crippen LogP contribution in [0.15, 0.2) is 0 Å². The Balaban J connectivity index is 2.36. The lowest BCUT2D eigenvalue weighted by atomic mass is 10.2. The fraction of sp³-hybridized carbons (Fsp3) is 0.750. The molecular weight excluding hydrogens is 172 g/mol. The van der Waals surface area contributed by atoms with E-state index >= 15 is 0 Å². The van der Waals surface area contributed by atoms with E-state index in [4.69, 9.17) is 5.73 Å². The van der Waals surface area contributed by atoms with Crippen LogP contribution in [0.1, 0.15) is 19.8 Å². The van der Waals surface area contributed by atoms with Crippen molar-refractivity contribution in [3.63, 3.8) is 0 Å². The van der Waals surface area contributed by atoms with Crippen molar-refractivity contribution in [3.8, 4) is 0 Å². The largest absolute Gasteiger partial charge is 0.391 e. The molecule has 0 unspecified atom stereocenters. The van der Waals surface area contributed by atoms with Gasteiger partial charge < -0.3 is 15.8 Å². The second-order valence-corrected chi connectivity index (χ2v) is 3.18. The summed E-state index contributed by atoms with van der Waals surface area (Å²) in [5.41, 5.74) is 5.24. The van der Waals surface area contributed by atoms with Crippen LogP contribution in [-0.4, -0.2) is 30.6 Å². The third-order valence-electron chi connectivity index (χ3n) is 1.92. The van der Waals surface area contributed by atoms with E-state index in [2.05, 4.69) is 10.1 Å². The Morgan fingerprint density at radius 2 is 2.31 bits per heavy atom. The summed E-state index contributed by atoms with van der Waals surface area (Å²) in [6, 6.07) is -1.08. The van der Waals surface area contributed by atoms with Gasteiger partial charge in [-0.1, -0.05) is 0 Å². The van der Waals surface area contributed by atoms with Gasteiger partial charge in [0.05, 0.1) is 0 Å². The first-order chi connectivity index (χ1) is 6.11. The maximum Gasteiger partial charge on any atom is 0.330 e. The van der Waals surface area contributed by atoms with Crippen LogP contribution >= 0.6 is 0 Å². The molecule has 0 saturated carbocycles. The Morgan fingerprint density at radius 1 is 1.62 bits per heavy atom. The molecule has 1 heterocycles. The molecule has 0 aromatic carbocycles. The summed E-state index contributed by atoms with van der Waals surface area (Å²) in [5.74, 6) is -1.18. The number of hydrogen-bond acceptors (Lipinski definition) is 5. The molecule has 0 aromatic heterocycles. The van der Waals surface area contributed by atoms with Crippen molar-refractivity contribution in [1.82, 2.24) is 5.32 Å². The molecule has 0 spiro atoms.